The lowest BCUT2D eigenvalue weighted by atomic mass is 9.89. The second kappa shape index (κ2) is 7.52. The van der Waals surface area contributed by atoms with Crippen molar-refractivity contribution in [3.05, 3.63) is 0 Å². The van der Waals surface area contributed by atoms with Crippen molar-refractivity contribution in [1.29, 1.82) is 0 Å². The number of ether oxygens (including phenoxy) is 1. The van der Waals surface area contributed by atoms with Crippen LogP contribution in [-0.2, 0) is 9.53 Å². The fourth-order valence-corrected chi connectivity index (χ4v) is 4.43. The van der Waals surface area contributed by atoms with Gasteiger partial charge in [-0.25, -0.2) is 0 Å². The molecule has 23 heavy (non-hydrogen) atoms. The van der Waals surface area contributed by atoms with Gasteiger partial charge in [-0.1, -0.05) is 0 Å². The molecule has 1 aliphatic carbocycles. The minimum atomic E-state index is 0.107. The molecule has 2 aliphatic heterocycles. The zero-order valence-corrected chi connectivity index (χ0v) is 15.1. The predicted octanol–water partition coefficient (Wildman–Crippen LogP) is 3.06. The van der Waals surface area contributed by atoms with E-state index in [1.807, 2.05) is 4.90 Å². The molecule has 132 valence electrons. The molecule has 4 nitrogen and oxygen atoms in total. The van der Waals surface area contributed by atoms with Crippen LogP contribution in [0.4, 0.5) is 0 Å². The maximum atomic E-state index is 12.2. The Bertz CT molecular complexity index is 406. The Morgan fingerprint density at radius 1 is 1.22 bits per heavy atom. The first kappa shape index (κ1) is 17.2. The third-order valence-corrected chi connectivity index (χ3v) is 5.97. The number of rotatable bonds is 7. The molecule has 0 N–H and O–H groups in total. The summed E-state index contributed by atoms with van der Waals surface area (Å²) in [5.74, 6) is 1.26. The van der Waals surface area contributed by atoms with Gasteiger partial charge in [0.2, 0.25) is 5.91 Å². The lowest BCUT2D eigenvalue weighted by molar-refractivity contribution is -0.132. The predicted molar refractivity (Wildman–Crippen MR) is 92.4 cm³/mol. The van der Waals surface area contributed by atoms with Gasteiger partial charge in [-0.3, -0.25) is 4.79 Å². The average Bonchev–Trinajstić information content (AvgIpc) is 3.28. The molecule has 3 rings (SSSR count). The third-order valence-electron chi connectivity index (χ3n) is 5.97. The highest BCUT2D eigenvalue weighted by molar-refractivity contribution is 5.76. The average molecular weight is 322 g/mol. The van der Waals surface area contributed by atoms with E-state index in [1.54, 1.807) is 0 Å². The highest BCUT2D eigenvalue weighted by atomic mass is 16.5. The summed E-state index contributed by atoms with van der Waals surface area (Å²) in [5.41, 5.74) is 0.107. The van der Waals surface area contributed by atoms with Crippen LogP contribution >= 0.6 is 0 Å². The fourth-order valence-electron chi connectivity index (χ4n) is 4.43. The van der Waals surface area contributed by atoms with Crippen molar-refractivity contribution in [3.63, 3.8) is 0 Å². The topological polar surface area (TPSA) is 32.8 Å². The lowest BCUT2D eigenvalue weighted by Gasteiger charge is -2.40. The molecule has 0 radical (unpaired) electrons. The molecule has 1 saturated carbocycles. The standard InChI is InChI=1S/C19H34N2O2/c1-3-21(4-2)18(22)9-8-17-10-12-19(23-17)11-5-13-20(15-19)14-16-6-7-16/h16-17H,3-15H2,1-2H3/t17-,19-/m0/s1. The number of amides is 1. The van der Waals surface area contributed by atoms with E-state index in [1.165, 1.54) is 45.2 Å². The summed E-state index contributed by atoms with van der Waals surface area (Å²) in [6, 6.07) is 0. The monoisotopic (exact) mass is 322 g/mol. The summed E-state index contributed by atoms with van der Waals surface area (Å²) in [4.78, 5) is 16.7. The highest BCUT2D eigenvalue weighted by Crippen LogP contribution is 2.40. The van der Waals surface area contributed by atoms with E-state index in [0.29, 0.717) is 18.4 Å². The first-order chi connectivity index (χ1) is 11.1. The largest absolute Gasteiger partial charge is 0.370 e. The number of hydrogen-bond acceptors (Lipinski definition) is 3. The van der Waals surface area contributed by atoms with Gasteiger partial charge in [0.15, 0.2) is 0 Å². The summed E-state index contributed by atoms with van der Waals surface area (Å²) in [7, 11) is 0. The molecular formula is C19H34N2O2. The van der Waals surface area contributed by atoms with E-state index in [4.69, 9.17) is 4.74 Å². The van der Waals surface area contributed by atoms with Crippen LogP contribution in [0, 0.1) is 5.92 Å². The normalized spacial score (nSPS) is 31.7. The van der Waals surface area contributed by atoms with E-state index >= 15 is 0 Å². The van der Waals surface area contributed by atoms with Crippen LogP contribution in [0.5, 0.6) is 0 Å². The maximum absolute atomic E-state index is 12.2. The minimum Gasteiger partial charge on any atom is -0.370 e. The molecule has 1 amide bonds. The van der Waals surface area contributed by atoms with Crippen molar-refractivity contribution in [3.8, 4) is 0 Å². The molecule has 2 saturated heterocycles. The molecule has 0 aromatic heterocycles. The fraction of sp³-hybridized carbons (Fsp3) is 0.947. The Balaban J connectivity index is 1.44. The number of carbonyl (C=O) groups is 1. The second-order valence-electron chi connectivity index (χ2n) is 7.85. The van der Waals surface area contributed by atoms with Crippen LogP contribution in [0.1, 0.15) is 65.2 Å². The SMILES string of the molecule is CCN(CC)C(=O)CC[C@H]1CC[C@]2(CCCN(CC3CC3)C2)O1. The quantitative estimate of drug-likeness (QED) is 0.722. The Kier molecular flexibility index (Phi) is 5.63. The number of hydrogen-bond donors (Lipinski definition) is 0. The van der Waals surface area contributed by atoms with Gasteiger partial charge >= 0.3 is 0 Å². The number of likely N-dealkylation sites (tertiary alicyclic amines) is 1. The van der Waals surface area contributed by atoms with Crippen LogP contribution in [0.3, 0.4) is 0 Å². The molecule has 0 bridgehead atoms. The van der Waals surface area contributed by atoms with E-state index < -0.39 is 0 Å². The van der Waals surface area contributed by atoms with Gasteiger partial charge in [-0.15, -0.1) is 0 Å². The van der Waals surface area contributed by atoms with Gasteiger partial charge in [0.25, 0.3) is 0 Å². The van der Waals surface area contributed by atoms with Crippen LogP contribution in [0.2, 0.25) is 0 Å². The number of piperidine rings is 1. The summed E-state index contributed by atoms with van der Waals surface area (Å²) >= 11 is 0. The van der Waals surface area contributed by atoms with E-state index in [2.05, 4.69) is 18.7 Å². The zero-order chi connectivity index (χ0) is 16.3. The molecule has 0 unspecified atom stereocenters. The Morgan fingerprint density at radius 3 is 2.70 bits per heavy atom. The van der Waals surface area contributed by atoms with Gasteiger partial charge in [0.1, 0.15) is 0 Å². The van der Waals surface area contributed by atoms with Crippen LogP contribution < -0.4 is 0 Å². The van der Waals surface area contributed by atoms with E-state index in [0.717, 1.165) is 38.4 Å². The van der Waals surface area contributed by atoms with Crippen molar-refractivity contribution in [2.24, 2.45) is 5.92 Å². The van der Waals surface area contributed by atoms with Crippen molar-refractivity contribution >= 4 is 5.91 Å². The molecule has 0 aromatic rings. The smallest absolute Gasteiger partial charge is 0.222 e. The second-order valence-corrected chi connectivity index (χ2v) is 7.85. The first-order valence-electron chi connectivity index (χ1n) is 9.82. The van der Waals surface area contributed by atoms with Gasteiger partial charge in [-0.05, 0) is 71.3 Å². The summed E-state index contributed by atoms with van der Waals surface area (Å²) < 4.78 is 6.51. The van der Waals surface area contributed by atoms with Crippen molar-refractivity contribution in [2.45, 2.75) is 76.9 Å². The minimum absolute atomic E-state index is 0.107. The Labute approximate surface area is 141 Å². The molecule has 3 aliphatic rings. The highest BCUT2D eigenvalue weighted by Gasteiger charge is 2.43. The molecule has 0 aromatic carbocycles. The van der Waals surface area contributed by atoms with Crippen LogP contribution in [0.25, 0.3) is 0 Å². The number of carbonyl (C=O) groups excluding carboxylic acids is 1. The van der Waals surface area contributed by atoms with E-state index in [9.17, 15) is 4.79 Å². The molecular weight excluding hydrogens is 288 g/mol. The summed E-state index contributed by atoms with van der Waals surface area (Å²) in [6.45, 7) is 9.42. The van der Waals surface area contributed by atoms with Gasteiger partial charge < -0.3 is 14.5 Å². The maximum Gasteiger partial charge on any atom is 0.222 e. The summed E-state index contributed by atoms with van der Waals surface area (Å²) in [6.07, 6.45) is 9.54. The van der Waals surface area contributed by atoms with Gasteiger partial charge in [0, 0.05) is 32.6 Å². The van der Waals surface area contributed by atoms with E-state index in [-0.39, 0.29) is 5.60 Å². The molecule has 2 atom stereocenters. The lowest BCUT2D eigenvalue weighted by Crippen LogP contribution is -2.48. The summed E-state index contributed by atoms with van der Waals surface area (Å²) in [5, 5.41) is 0. The third kappa shape index (κ3) is 4.48. The van der Waals surface area contributed by atoms with Crippen molar-refractivity contribution in [1.82, 2.24) is 9.80 Å². The van der Waals surface area contributed by atoms with Crippen LogP contribution in [0.15, 0.2) is 0 Å². The number of nitrogens with zero attached hydrogens (tertiary/aromatic N) is 2. The van der Waals surface area contributed by atoms with Crippen molar-refractivity contribution in [2.75, 3.05) is 32.7 Å². The van der Waals surface area contributed by atoms with Gasteiger partial charge in [-0.2, -0.15) is 0 Å². The Hall–Kier alpha value is -0.610. The van der Waals surface area contributed by atoms with Crippen molar-refractivity contribution < 1.29 is 9.53 Å². The first-order valence-corrected chi connectivity index (χ1v) is 9.82. The zero-order valence-electron chi connectivity index (χ0n) is 15.1. The molecule has 3 fully saturated rings. The molecule has 1 spiro atoms. The molecule has 4 heteroatoms. The van der Waals surface area contributed by atoms with Gasteiger partial charge in [0.05, 0.1) is 11.7 Å². The molecule has 2 heterocycles. The Morgan fingerprint density at radius 2 is 2.00 bits per heavy atom. The van der Waals surface area contributed by atoms with Crippen LogP contribution in [-0.4, -0.2) is 60.1 Å².